The molecule has 2 aromatic rings. The number of anilines is 1. The molecule has 0 saturated heterocycles. The summed E-state index contributed by atoms with van der Waals surface area (Å²) >= 11 is 14.8. The number of halogens is 3. The first-order chi connectivity index (χ1) is 10.8. The lowest BCUT2D eigenvalue weighted by atomic mass is 10.3. The average Bonchev–Trinajstić information content (AvgIpc) is 2.50. The smallest absolute Gasteiger partial charge is 0.307 e. The van der Waals surface area contributed by atoms with E-state index in [1.807, 2.05) is 10.3 Å². The van der Waals surface area contributed by atoms with Gasteiger partial charge < -0.3 is 5.32 Å². The van der Waals surface area contributed by atoms with Crippen LogP contribution in [-0.4, -0.2) is 14.4 Å². The summed E-state index contributed by atoms with van der Waals surface area (Å²) in [7, 11) is -3.87. The summed E-state index contributed by atoms with van der Waals surface area (Å²) in [6.07, 6.45) is 0. The highest BCUT2D eigenvalue weighted by Gasteiger charge is 2.15. The maximum absolute atomic E-state index is 12.0. The van der Waals surface area contributed by atoms with Gasteiger partial charge in [0.15, 0.2) is 0 Å². The number of hydrogen-bond donors (Lipinski definition) is 3. The van der Waals surface area contributed by atoms with Crippen molar-refractivity contribution in [3.63, 3.8) is 0 Å². The predicted octanol–water partition coefficient (Wildman–Crippen LogP) is 3.77. The van der Waals surface area contributed by atoms with Crippen LogP contribution >= 0.6 is 39.1 Å². The molecule has 10 heteroatoms. The highest BCUT2D eigenvalue weighted by molar-refractivity contribution is 9.10. The van der Waals surface area contributed by atoms with E-state index in [0.29, 0.717) is 10.7 Å². The molecule has 2 amide bonds. The summed E-state index contributed by atoms with van der Waals surface area (Å²) < 4.78 is 24.7. The summed E-state index contributed by atoms with van der Waals surface area (Å²) in [5.74, 6) is 0. The van der Waals surface area contributed by atoms with Gasteiger partial charge in [-0.1, -0.05) is 39.1 Å². The fraction of sp³-hybridized carbons (Fsp3) is 0. The van der Waals surface area contributed by atoms with Crippen molar-refractivity contribution in [2.75, 3.05) is 5.32 Å². The average molecular weight is 439 g/mol. The summed E-state index contributed by atoms with van der Waals surface area (Å²) in [4.78, 5) is 13.7. The molecule has 0 fully saturated rings. The molecule has 0 aliphatic rings. The van der Waals surface area contributed by atoms with E-state index in [-0.39, 0.29) is 9.92 Å². The molecule has 0 aliphatic carbocycles. The molecule has 0 aliphatic heterocycles. The lowest BCUT2D eigenvalue weighted by Gasteiger charge is -2.10. The lowest BCUT2D eigenvalue weighted by Crippen LogP contribution is -2.43. The van der Waals surface area contributed by atoms with Crippen molar-refractivity contribution in [1.29, 1.82) is 0 Å². The molecule has 0 heterocycles. The molecule has 2 rings (SSSR count). The number of carbonyl (C=O) groups is 1. The zero-order valence-corrected chi connectivity index (χ0v) is 15.2. The van der Waals surface area contributed by atoms with E-state index >= 15 is 0 Å². The number of urea groups is 1. The topological polar surface area (TPSA) is 87.3 Å². The number of carbonyl (C=O) groups excluding carboxylic acids is 1. The van der Waals surface area contributed by atoms with E-state index in [2.05, 4.69) is 21.2 Å². The lowest BCUT2D eigenvalue weighted by molar-refractivity contribution is 0.250. The Balaban J connectivity index is 1.98. The van der Waals surface area contributed by atoms with Crippen molar-refractivity contribution < 1.29 is 13.2 Å². The van der Waals surface area contributed by atoms with Gasteiger partial charge in [-0.15, -0.1) is 4.83 Å². The van der Waals surface area contributed by atoms with Gasteiger partial charge in [0, 0.05) is 10.2 Å². The van der Waals surface area contributed by atoms with Crippen LogP contribution in [0.1, 0.15) is 0 Å². The van der Waals surface area contributed by atoms with E-state index in [4.69, 9.17) is 23.2 Å². The standard InChI is InChI=1S/C13H10BrCl2N3O3S/c14-8-1-4-10(5-2-8)23(21,22)19-18-13(20)17-9-3-6-11(15)12(16)7-9/h1-7,19H,(H2,17,18,20). The third-order valence-corrected chi connectivity index (χ3v) is 5.13. The van der Waals surface area contributed by atoms with Crippen molar-refractivity contribution >= 4 is 60.9 Å². The summed E-state index contributed by atoms with van der Waals surface area (Å²) in [6, 6.07) is 9.63. The molecule has 0 aromatic heterocycles. The van der Waals surface area contributed by atoms with Crippen molar-refractivity contribution in [1.82, 2.24) is 10.3 Å². The first-order valence-electron chi connectivity index (χ1n) is 6.07. The number of sulfonamides is 1. The Hall–Kier alpha value is -1.32. The van der Waals surface area contributed by atoms with E-state index in [0.717, 1.165) is 4.47 Å². The maximum atomic E-state index is 12.0. The summed E-state index contributed by atoms with van der Waals surface area (Å²) in [5.41, 5.74) is 2.40. The third kappa shape index (κ3) is 5.08. The molecular weight excluding hydrogens is 429 g/mol. The molecule has 23 heavy (non-hydrogen) atoms. The van der Waals surface area contributed by atoms with Gasteiger partial charge in [0.1, 0.15) is 0 Å². The first-order valence-corrected chi connectivity index (χ1v) is 9.10. The van der Waals surface area contributed by atoms with Gasteiger partial charge in [-0.2, -0.15) is 0 Å². The van der Waals surface area contributed by atoms with Crippen LogP contribution in [0.5, 0.6) is 0 Å². The van der Waals surface area contributed by atoms with Crippen molar-refractivity contribution in [3.05, 3.63) is 57.0 Å². The van der Waals surface area contributed by atoms with Gasteiger partial charge in [-0.3, -0.25) is 5.43 Å². The van der Waals surface area contributed by atoms with Gasteiger partial charge in [-0.25, -0.2) is 13.2 Å². The highest BCUT2D eigenvalue weighted by atomic mass is 79.9. The van der Waals surface area contributed by atoms with Crippen LogP contribution in [0.25, 0.3) is 0 Å². The van der Waals surface area contributed by atoms with E-state index in [1.54, 1.807) is 12.1 Å². The quantitative estimate of drug-likeness (QED) is 0.635. The van der Waals surface area contributed by atoms with Gasteiger partial charge in [-0.05, 0) is 42.5 Å². The van der Waals surface area contributed by atoms with Crippen LogP contribution in [0.4, 0.5) is 10.5 Å². The van der Waals surface area contributed by atoms with E-state index in [1.165, 1.54) is 30.3 Å². The van der Waals surface area contributed by atoms with Crippen LogP contribution in [0.3, 0.4) is 0 Å². The first kappa shape index (κ1) is 18.0. The van der Waals surface area contributed by atoms with Gasteiger partial charge >= 0.3 is 6.03 Å². The van der Waals surface area contributed by atoms with Gasteiger partial charge in [0.05, 0.1) is 14.9 Å². The maximum Gasteiger partial charge on any atom is 0.334 e. The third-order valence-electron chi connectivity index (χ3n) is 2.60. The molecule has 0 saturated carbocycles. The Morgan fingerprint density at radius 1 is 1.00 bits per heavy atom. The van der Waals surface area contributed by atoms with Gasteiger partial charge in [0.2, 0.25) is 0 Å². The second-order valence-electron chi connectivity index (χ2n) is 4.27. The predicted molar refractivity (Wildman–Crippen MR) is 93.1 cm³/mol. The fourth-order valence-corrected chi connectivity index (χ4v) is 2.92. The van der Waals surface area contributed by atoms with Crippen LogP contribution < -0.4 is 15.6 Å². The number of hydrazine groups is 1. The Bertz CT molecular complexity index is 829. The van der Waals surface area contributed by atoms with Crippen LogP contribution in [-0.2, 0) is 10.0 Å². The molecule has 122 valence electrons. The Morgan fingerprint density at radius 2 is 1.65 bits per heavy atom. The molecule has 0 atom stereocenters. The summed E-state index contributed by atoms with van der Waals surface area (Å²) in [5, 5.41) is 3.02. The normalized spacial score (nSPS) is 11.1. The minimum atomic E-state index is -3.87. The van der Waals surface area contributed by atoms with E-state index in [9.17, 15) is 13.2 Å². The Kier molecular flexibility index (Phi) is 5.88. The van der Waals surface area contributed by atoms with Gasteiger partial charge in [0.25, 0.3) is 10.0 Å². The van der Waals surface area contributed by atoms with Crippen LogP contribution in [0.2, 0.25) is 10.0 Å². The molecular formula is C13H10BrCl2N3O3S. The molecule has 2 aromatic carbocycles. The summed E-state index contributed by atoms with van der Waals surface area (Å²) in [6.45, 7) is 0. The second kappa shape index (κ2) is 7.50. The minimum absolute atomic E-state index is 0.00976. The van der Waals surface area contributed by atoms with Crippen molar-refractivity contribution in [3.8, 4) is 0 Å². The monoisotopic (exact) mass is 437 g/mol. The van der Waals surface area contributed by atoms with Crippen LogP contribution in [0, 0.1) is 0 Å². The number of rotatable bonds is 4. The number of amides is 2. The largest absolute Gasteiger partial charge is 0.334 e. The molecule has 0 spiro atoms. The minimum Gasteiger partial charge on any atom is -0.307 e. The zero-order valence-electron chi connectivity index (χ0n) is 11.3. The Labute approximate surface area is 151 Å². The van der Waals surface area contributed by atoms with E-state index < -0.39 is 16.1 Å². The molecule has 6 nitrogen and oxygen atoms in total. The number of nitrogens with one attached hydrogen (secondary N) is 3. The fourth-order valence-electron chi connectivity index (χ4n) is 1.52. The SMILES string of the molecule is O=C(NNS(=O)(=O)c1ccc(Br)cc1)Nc1ccc(Cl)c(Cl)c1. The zero-order chi connectivity index (χ0) is 17.0. The second-order valence-corrected chi connectivity index (χ2v) is 7.68. The molecule has 0 unspecified atom stereocenters. The highest BCUT2D eigenvalue weighted by Crippen LogP contribution is 2.24. The molecule has 3 N–H and O–H groups in total. The van der Waals surface area contributed by atoms with Crippen molar-refractivity contribution in [2.45, 2.75) is 4.90 Å². The van der Waals surface area contributed by atoms with Crippen molar-refractivity contribution in [2.24, 2.45) is 0 Å². The van der Waals surface area contributed by atoms with Crippen LogP contribution in [0.15, 0.2) is 51.8 Å². The number of benzene rings is 2. The molecule has 0 bridgehead atoms. The molecule has 0 radical (unpaired) electrons. The number of hydrogen-bond acceptors (Lipinski definition) is 3. The Morgan fingerprint density at radius 3 is 2.26 bits per heavy atom.